The van der Waals surface area contributed by atoms with Crippen LogP contribution in [0, 0.1) is 11.8 Å². The molecule has 118 valence electrons. The van der Waals surface area contributed by atoms with Gasteiger partial charge in [0.2, 0.25) is 0 Å². The Bertz CT molecular complexity index is 469. The van der Waals surface area contributed by atoms with Crippen LogP contribution in [0.3, 0.4) is 0 Å². The molecule has 1 saturated heterocycles. The maximum atomic E-state index is 4.99. The average molecular weight is 308 g/mol. The van der Waals surface area contributed by atoms with Crippen LogP contribution in [0.15, 0.2) is 0 Å². The maximum Gasteiger partial charge on any atom is 0.185 e. The number of hydrogen-bond acceptors (Lipinski definition) is 4. The summed E-state index contributed by atoms with van der Waals surface area (Å²) in [7, 11) is 0. The van der Waals surface area contributed by atoms with E-state index in [1.807, 2.05) is 11.3 Å². The number of rotatable bonds is 5. The normalized spacial score (nSPS) is 25.6. The van der Waals surface area contributed by atoms with Gasteiger partial charge < -0.3 is 10.2 Å². The summed E-state index contributed by atoms with van der Waals surface area (Å²) in [5, 5.41) is 5.00. The van der Waals surface area contributed by atoms with Crippen molar-refractivity contribution in [3.8, 4) is 0 Å². The number of thiazole rings is 1. The van der Waals surface area contributed by atoms with Crippen LogP contribution in [0.2, 0.25) is 0 Å². The van der Waals surface area contributed by atoms with Gasteiger partial charge in [-0.25, -0.2) is 4.98 Å². The van der Waals surface area contributed by atoms with Crippen LogP contribution in [-0.4, -0.2) is 24.6 Å². The summed E-state index contributed by atoms with van der Waals surface area (Å²) in [6, 6.07) is 0.559. The minimum atomic E-state index is 0.559. The van der Waals surface area contributed by atoms with Crippen LogP contribution in [0.5, 0.6) is 0 Å². The molecule has 2 heterocycles. The summed E-state index contributed by atoms with van der Waals surface area (Å²) >= 11 is 1.96. The molecule has 1 fully saturated rings. The lowest BCUT2D eigenvalue weighted by Gasteiger charge is -2.22. The number of nitrogens with zero attached hydrogens (tertiary/aromatic N) is 2. The molecule has 1 N–H and O–H groups in total. The Labute approximate surface area is 133 Å². The molecule has 1 aromatic heterocycles. The molecular weight excluding hydrogens is 278 g/mol. The predicted octanol–water partition coefficient (Wildman–Crippen LogP) is 4.00. The quantitative estimate of drug-likeness (QED) is 0.891. The van der Waals surface area contributed by atoms with Crippen molar-refractivity contribution in [1.29, 1.82) is 0 Å². The van der Waals surface area contributed by atoms with Gasteiger partial charge in [-0.05, 0) is 50.5 Å². The third kappa shape index (κ3) is 3.26. The molecule has 0 bridgehead atoms. The van der Waals surface area contributed by atoms with Crippen molar-refractivity contribution in [3.05, 3.63) is 10.6 Å². The first kappa shape index (κ1) is 15.3. The summed E-state index contributed by atoms with van der Waals surface area (Å²) < 4.78 is 0. The van der Waals surface area contributed by atoms with Crippen molar-refractivity contribution in [2.45, 2.75) is 58.9 Å². The van der Waals surface area contributed by atoms with Crippen LogP contribution < -0.4 is 10.2 Å². The number of aromatic nitrogens is 1. The van der Waals surface area contributed by atoms with Gasteiger partial charge in [0.25, 0.3) is 0 Å². The first-order valence-electron chi connectivity index (χ1n) is 8.67. The van der Waals surface area contributed by atoms with E-state index in [0.717, 1.165) is 18.4 Å². The van der Waals surface area contributed by atoms with Gasteiger partial charge in [0.05, 0.1) is 5.69 Å². The molecule has 1 aliphatic carbocycles. The van der Waals surface area contributed by atoms with E-state index in [0.29, 0.717) is 6.04 Å². The van der Waals surface area contributed by atoms with Crippen LogP contribution in [0.1, 0.15) is 63.1 Å². The molecule has 2 atom stereocenters. The fraction of sp³-hybridized carbons (Fsp3) is 0.824. The molecule has 2 unspecified atom stereocenters. The van der Waals surface area contributed by atoms with Gasteiger partial charge in [-0.15, -0.1) is 0 Å². The lowest BCUT2D eigenvalue weighted by Crippen LogP contribution is -2.24. The van der Waals surface area contributed by atoms with Gasteiger partial charge in [-0.3, -0.25) is 0 Å². The molecule has 0 spiro atoms. The molecular formula is C17H29N3S. The predicted molar refractivity (Wildman–Crippen MR) is 91.2 cm³/mol. The van der Waals surface area contributed by atoms with Crippen LogP contribution >= 0.6 is 11.3 Å². The highest BCUT2D eigenvalue weighted by Crippen LogP contribution is 2.39. The lowest BCUT2D eigenvalue weighted by molar-refractivity contribution is 0.422. The Morgan fingerprint density at radius 1 is 1.38 bits per heavy atom. The van der Waals surface area contributed by atoms with E-state index in [2.05, 4.69) is 31.0 Å². The van der Waals surface area contributed by atoms with E-state index in [9.17, 15) is 0 Å². The topological polar surface area (TPSA) is 28.2 Å². The molecule has 21 heavy (non-hydrogen) atoms. The number of aryl methyl sites for hydroxylation is 1. The third-order valence-corrected chi connectivity index (χ3v) is 6.29. The highest BCUT2D eigenvalue weighted by Gasteiger charge is 2.30. The molecule has 0 saturated carbocycles. The van der Waals surface area contributed by atoms with E-state index in [1.54, 1.807) is 0 Å². The van der Waals surface area contributed by atoms with Crippen molar-refractivity contribution in [2.75, 3.05) is 24.5 Å². The number of hydrogen-bond donors (Lipinski definition) is 1. The number of fused-ring (bicyclic) bond motifs is 1. The van der Waals surface area contributed by atoms with Crippen molar-refractivity contribution in [2.24, 2.45) is 11.8 Å². The van der Waals surface area contributed by atoms with E-state index < -0.39 is 0 Å². The first-order valence-corrected chi connectivity index (χ1v) is 9.48. The molecule has 3 nitrogen and oxygen atoms in total. The summed E-state index contributed by atoms with van der Waals surface area (Å²) in [5.74, 6) is 1.64. The van der Waals surface area contributed by atoms with Gasteiger partial charge in [0.15, 0.2) is 5.13 Å². The Morgan fingerprint density at radius 3 is 2.95 bits per heavy atom. The fourth-order valence-corrected chi connectivity index (χ4v) is 4.82. The second-order valence-corrected chi connectivity index (χ2v) is 7.95. The molecule has 0 amide bonds. The van der Waals surface area contributed by atoms with Gasteiger partial charge in [-0.1, -0.05) is 32.1 Å². The SMILES string of the molecule is CCCNC1CCCc2nc(N3CCC(C(C)C)C3)sc21. The largest absolute Gasteiger partial charge is 0.348 e. The minimum absolute atomic E-state index is 0.559. The molecule has 3 rings (SSSR count). The third-order valence-electron chi connectivity index (χ3n) is 5.02. The molecule has 0 radical (unpaired) electrons. The summed E-state index contributed by atoms with van der Waals surface area (Å²) in [6.45, 7) is 10.5. The standard InChI is InChI=1S/C17H29N3S/c1-4-9-18-14-6-5-7-15-16(14)21-17(19-15)20-10-8-13(11-20)12(2)3/h12-14,18H,4-11H2,1-3H3. The summed E-state index contributed by atoms with van der Waals surface area (Å²) in [4.78, 5) is 9.05. The van der Waals surface area contributed by atoms with Crippen molar-refractivity contribution in [3.63, 3.8) is 0 Å². The molecule has 1 aromatic rings. The van der Waals surface area contributed by atoms with Gasteiger partial charge in [-0.2, -0.15) is 0 Å². The average Bonchev–Trinajstić information content (AvgIpc) is 3.11. The zero-order chi connectivity index (χ0) is 14.8. The van der Waals surface area contributed by atoms with Crippen LogP contribution in [-0.2, 0) is 6.42 Å². The summed E-state index contributed by atoms with van der Waals surface area (Å²) in [6.07, 6.45) is 6.28. The second kappa shape index (κ2) is 6.66. The van der Waals surface area contributed by atoms with E-state index in [1.165, 1.54) is 60.9 Å². The van der Waals surface area contributed by atoms with E-state index >= 15 is 0 Å². The molecule has 1 aliphatic heterocycles. The van der Waals surface area contributed by atoms with Crippen molar-refractivity contribution < 1.29 is 0 Å². The Kier molecular flexibility index (Phi) is 4.85. The maximum absolute atomic E-state index is 4.99. The minimum Gasteiger partial charge on any atom is -0.348 e. The number of nitrogens with one attached hydrogen (secondary N) is 1. The Balaban J connectivity index is 1.73. The monoisotopic (exact) mass is 307 g/mol. The Hall–Kier alpha value is -0.610. The molecule has 2 aliphatic rings. The van der Waals surface area contributed by atoms with Gasteiger partial charge in [0, 0.05) is 24.0 Å². The Morgan fingerprint density at radius 2 is 2.24 bits per heavy atom. The van der Waals surface area contributed by atoms with E-state index in [4.69, 9.17) is 4.98 Å². The van der Waals surface area contributed by atoms with Crippen LogP contribution in [0.25, 0.3) is 0 Å². The fourth-order valence-electron chi connectivity index (χ4n) is 3.56. The van der Waals surface area contributed by atoms with Crippen molar-refractivity contribution in [1.82, 2.24) is 10.3 Å². The number of anilines is 1. The van der Waals surface area contributed by atoms with E-state index in [-0.39, 0.29) is 0 Å². The van der Waals surface area contributed by atoms with Crippen LogP contribution in [0.4, 0.5) is 5.13 Å². The van der Waals surface area contributed by atoms with Crippen molar-refractivity contribution >= 4 is 16.5 Å². The molecule has 4 heteroatoms. The smallest absolute Gasteiger partial charge is 0.185 e. The zero-order valence-corrected chi connectivity index (χ0v) is 14.5. The second-order valence-electron chi connectivity index (χ2n) is 6.95. The first-order chi connectivity index (χ1) is 10.2. The lowest BCUT2D eigenvalue weighted by atomic mass is 9.95. The van der Waals surface area contributed by atoms with Gasteiger partial charge >= 0.3 is 0 Å². The highest BCUT2D eigenvalue weighted by molar-refractivity contribution is 7.15. The summed E-state index contributed by atoms with van der Waals surface area (Å²) in [5.41, 5.74) is 1.38. The molecule has 0 aromatic carbocycles. The zero-order valence-electron chi connectivity index (χ0n) is 13.7. The highest BCUT2D eigenvalue weighted by atomic mass is 32.1. The van der Waals surface area contributed by atoms with Gasteiger partial charge in [0.1, 0.15) is 0 Å².